The number of carbonyl (C=O) groups is 3. The Bertz CT molecular complexity index is 1110. The van der Waals surface area contributed by atoms with Gasteiger partial charge in [0.1, 0.15) is 5.75 Å². The quantitative estimate of drug-likeness (QED) is 0.600. The third-order valence-corrected chi connectivity index (χ3v) is 4.55. The molecule has 1 aliphatic heterocycles. The molecule has 1 saturated heterocycles. The number of anilines is 1. The van der Waals surface area contributed by atoms with Gasteiger partial charge in [-0.3, -0.25) is 15.0 Å². The van der Waals surface area contributed by atoms with Gasteiger partial charge in [0.05, 0.1) is 18.4 Å². The summed E-state index contributed by atoms with van der Waals surface area (Å²) < 4.78 is 15.5. The molecule has 0 bridgehead atoms. The smallest absolute Gasteiger partial charge is 0.338 e. The van der Waals surface area contributed by atoms with E-state index in [9.17, 15) is 14.4 Å². The summed E-state index contributed by atoms with van der Waals surface area (Å²) >= 11 is 0. The van der Waals surface area contributed by atoms with Crippen LogP contribution in [0.15, 0.2) is 53.1 Å². The molecule has 1 aromatic heterocycles. The molecular formula is C21H18N4O6. The van der Waals surface area contributed by atoms with E-state index in [1.165, 1.54) is 17.1 Å². The fourth-order valence-electron chi connectivity index (χ4n) is 2.91. The molecule has 10 nitrogen and oxygen atoms in total. The summed E-state index contributed by atoms with van der Waals surface area (Å²) in [6.07, 6.45) is 0.300. The topological polar surface area (TPSA) is 124 Å². The number of hydrogen-bond acceptors (Lipinski definition) is 8. The van der Waals surface area contributed by atoms with Crippen molar-refractivity contribution in [1.29, 1.82) is 0 Å². The van der Waals surface area contributed by atoms with E-state index in [4.69, 9.17) is 14.0 Å². The van der Waals surface area contributed by atoms with Gasteiger partial charge < -0.3 is 14.0 Å². The van der Waals surface area contributed by atoms with Gasteiger partial charge in [0.2, 0.25) is 17.6 Å². The largest absolute Gasteiger partial charge is 0.497 e. The lowest BCUT2D eigenvalue weighted by Crippen LogP contribution is -2.50. The summed E-state index contributed by atoms with van der Waals surface area (Å²) in [4.78, 5) is 40.0. The Morgan fingerprint density at radius 3 is 2.55 bits per heavy atom. The first-order valence-corrected chi connectivity index (χ1v) is 9.40. The zero-order valence-corrected chi connectivity index (χ0v) is 16.5. The van der Waals surface area contributed by atoms with Crippen LogP contribution in [0.5, 0.6) is 5.75 Å². The number of aromatic nitrogens is 2. The van der Waals surface area contributed by atoms with Gasteiger partial charge in [0.25, 0.3) is 5.89 Å². The number of amides is 2. The average molecular weight is 422 g/mol. The minimum Gasteiger partial charge on any atom is -0.497 e. The lowest BCUT2D eigenvalue weighted by atomic mass is 10.2. The number of rotatable bonds is 6. The highest BCUT2D eigenvalue weighted by atomic mass is 16.5. The molecular weight excluding hydrogens is 404 g/mol. The maximum absolute atomic E-state index is 12.3. The summed E-state index contributed by atoms with van der Waals surface area (Å²) in [5, 5.41) is 4.98. The van der Waals surface area contributed by atoms with Crippen LogP contribution in [0.25, 0.3) is 11.5 Å². The molecule has 158 valence electrons. The summed E-state index contributed by atoms with van der Waals surface area (Å²) in [6.45, 7) is -0.166. The second-order valence-corrected chi connectivity index (χ2v) is 6.63. The molecule has 0 atom stereocenters. The molecule has 31 heavy (non-hydrogen) atoms. The van der Waals surface area contributed by atoms with Crippen molar-refractivity contribution in [1.82, 2.24) is 15.6 Å². The fourth-order valence-corrected chi connectivity index (χ4v) is 2.91. The zero-order chi connectivity index (χ0) is 21.8. The minimum absolute atomic E-state index is 0.138. The molecule has 2 amide bonds. The molecule has 1 aliphatic rings. The van der Waals surface area contributed by atoms with E-state index in [1.807, 2.05) is 0 Å². The van der Waals surface area contributed by atoms with Gasteiger partial charge in [-0.2, -0.15) is 4.98 Å². The van der Waals surface area contributed by atoms with Crippen LogP contribution in [0, 0.1) is 0 Å². The number of nitrogens with one attached hydrogen (secondary N) is 1. The van der Waals surface area contributed by atoms with E-state index in [0.29, 0.717) is 22.9 Å². The predicted octanol–water partition coefficient (Wildman–Crippen LogP) is 2.26. The third-order valence-electron chi connectivity index (χ3n) is 4.55. The molecule has 0 unspecified atom stereocenters. The van der Waals surface area contributed by atoms with E-state index in [-0.39, 0.29) is 42.7 Å². The Labute approximate surface area is 176 Å². The van der Waals surface area contributed by atoms with Crippen molar-refractivity contribution in [2.75, 3.05) is 12.1 Å². The van der Waals surface area contributed by atoms with Gasteiger partial charge in [-0.15, -0.1) is 0 Å². The van der Waals surface area contributed by atoms with Gasteiger partial charge in [0.15, 0.2) is 6.61 Å². The summed E-state index contributed by atoms with van der Waals surface area (Å²) in [6, 6.07) is 13.2. The molecule has 10 heteroatoms. The molecule has 3 aromatic rings. The van der Waals surface area contributed by atoms with E-state index < -0.39 is 5.97 Å². The van der Waals surface area contributed by atoms with E-state index >= 15 is 0 Å². The highest BCUT2D eigenvalue weighted by Gasteiger charge is 2.24. The maximum atomic E-state index is 12.3. The summed E-state index contributed by atoms with van der Waals surface area (Å²) in [7, 11) is 1.58. The molecule has 0 aliphatic carbocycles. The van der Waals surface area contributed by atoms with Gasteiger partial charge in [0, 0.05) is 18.4 Å². The number of esters is 1. The number of methoxy groups -OCH3 is 1. The standard InChI is InChI=1S/C21H18N4O6/c1-29-16-8-4-13(5-9-16)20-22-17(24-31-20)12-30-21(28)14-2-6-15(7-3-14)25-19(27)11-10-18(26)23-25/h2-9H,10-12H2,1H3,(H,23,26). The first kappa shape index (κ1) is 20.1. The van der Waals surface area contributed by atoms with Crippen LogP contribution in [-0.4, -0.2) is 35.0 Å². The lowest BCUT2D eigenvalue weighted by molar-refractivity contribution is -0.130. The normalized spacial score (nSPS) is 13.6. The summed E-state index contributed by atoms with van der Waals surface area (Å²) in [5.41, 5.74) is 3.94. The van der Waals surface area contributed by atoms with Crippen molar-refractivity contribution in [3.05, 3.63) is 59.9 Å². The SMILES string of the molecule is COc1ccc(-c2nc(COC(=O)c3ccc(N4NC(=O)CCC4=O)cc3)no2)cc1. The molecule has 1 N–H and O–H groups in total. The van der Waals surface area contributed by atoms with Crippen molar-refractivity contribution in [3.8, 4) is 17.2 Å². The van der Waals surface area contributed by atoms with Crippen LogP contribution in [0.1, 0.15) is 29.0 Å². The highest BCUT2D eigenvalue weighted by molar-refractivity contribution is 6.01. The van der Waals surface area contributed by atoms with Crippen LogP contribution in [0.2, 0.25) is 0 Å². The second kappa shape index (κ2) is 8.66. The number of carbonyl (C=O) groups excluding carboxylic acids is 3. The van der Waals surface area contributed by atoms with E-state index in [2.05, 4.69) is 15.6 Å². The van der Waals surface area contributed by atoms with Crippen LogP contribution in [-0.2, 0) is 20.9 Å². The van der Waals surface area contributed by atoms with E-state index in [0.717, 1.165) is 0 Å². The van der Waals surface area contributed by atoms with Crippen LogP contribution >= 0.6 is 0 Å². The van der Waals surface area contributed by atoms with E-state index in [1.54, 1.807) is 43.5 Å². The van der Waals surface area contributed by atoms with Crippen molar-refractivity contribution < 1.29 is 28.4 Å². The molecule has 0 saturated carbocycles. The summed E-state index contributed by atoms with van der Waals surface area (Å²) in [5.74, 6) is 0.174. The Kier molecular flexibility index (Phi) is 5.61. The molecule has 0 radical (unpaired) electrons. The van der Waals surface area contributed by atoms with Crippen LogP contribution in [0.4, 0.5) is 5.69 Å². The van der Waals surface area contributed by atoms with Crippen LogP contribution in [0.3, 0.4) is 0 Å². The number of hydrazine groups is 1. The number of benzene rings is 2. The Morgan fingerprint density at radius 1 is 1.10 bits per heavy atom. The fraction of sp³-hybridized carbons (Fsp3) is 0.190. The molecule has 4 rings (SSSR count). The number of nitrogens with zero attached hydrogens (tertiary/aromatic N) is 3. The third kappa shape index (κ3) is 4.53. The first-order valence-electron chi connectivity index (χ1n) is 9.40. The Hall–Kier alpha value is -4.21. The molecule has 1 fully saturated rings. The first-order chi connectivity index (χ1) is 15.0. The highest BCUT2D eigenvalue weighted by Crippen LogP contribution is 2.21. The number of ether oxygens (including phenoxy) is 2. The van der Waals surface area contributed by atoms with Crippen LogP contribution < -0.4 is 15.2 Å². The van der Waals surface area contributed by atoms with Gasteiger partial charge >= 0.3 is 5.97 Å². The van der Waals surface area contributed by atoms with Crippen molar-refractivity contribution in [3.63, 3.8) is 0 Å². The molecule has 2 heterocycles. The molecule has 0 spiro atoms. The minimum atomic E-state index is -0.587. The molecule has 2 aromatic carbocycles. The van der Waals surface area contributed by atoms with Crippen molar-refractivity contribution >= 4 is 23.5 Å². The van der Waals surface area contributed by atoms with Gasteiger partial charge in [-0.05, 0) is 48.5 Å². The van der Waals surface area contributed by atoms with Crippen molar-refractivity contribution in [2.24, 2.45) is 0 Å². The Morgan fingerprint density at radius 2 is 1.84 bits per heavy atom. The second-order valence-electron chi connectivity index (χ2n) is 6.63. The zero-order valence-electron chi connectivity index (χ0n) is 16.5. The Balaban J connectivity index is 1.36. The lowest BCUT2D eigenvalue weighted by Gasteiger charge is -2.27. The average Bonchev–Trinajstić information content (AvgIpc) is 3.28. The number of hydrogen-bond donors (Lipinski definition) is 1. The van der Waals surface area contributed by atoms with Gasteiger partial charge in [-0.1, -0.05) is 5.16 Å². The van der Waals surface area contributed by atoms with Gasteiger partial charge in [-0.25, -0.2) is 9.80 Å². The van der Waals surface area contributed by atoms with Crippen molar-refractivity contribution in [2.45, 2.75) is 19.4 Å². The predicted molar refractivity (Wildman–Crippen MR) is 107 cm³/mol. The monoisotopic (exact) mass is 422 g/mol. The maximum Gasteiger partial charge on any atom is 0.338 e.